The minimum atomic E-state index is -0.961. The van der Waals surface area contributed by atoms with Gasteiger partial charge in [-0.05, 0) is 49.9 Å². The van der Waals surface area contributed by atoms with Crippen LogP contribution in [0.1, 0.15) is 46.4 Å². The summed E-state index contributed by atoms with van der Waals surface area (Å²) in [5, 5.41) is 9.17. The molecule has 6 nitrogen and oxygen atoms in total. The number of nitrogens with zero attached hydrogens (tertiary/aromatic N) is 2. The van der Waals surface area contributed by atoms with E-state index in [1.54, 1.807) is 24.3 Å². The molecular weight excluding hydrogens is 296 g/mol. The number of amides is 2. The van der Waals surface area contributed by atoms with Crippen LogP contribution < -0.4 is 0 Å². The first-order chi connectivity index (χ1) is 11.1. The molecule has 2 aliphatic heterocycles. The minimum Gasteiger partial charge on any atom is -0.480 e. The summed E-state index contributed by atoms with van der Waals surface area (Å²) in [6, 6.07) is 5.79. The quantitative estimate of drug-likeness (QED) is 0.919. The molecule has 6 heteroatoms. The van der Waals surface area contributed by atoms with E-state index in [4.69, 9.17) is 0 Å². The van der Waals surface area contributed by atoms with E-state index in [0.29, 0.717) is 30.5 Å². The zero-order chi connectivity index (χ0) is 16.4. The van der Waals surface area contributed by atoms with Crippen LogP contribution in [0.2, 0.25) is 0 Å². The number of aliphatic carboxylic acids is 1. The highest BCUT2D eigenvalue weighted by Gasteiger charge is 2.34. The number of hydrogen-bond donors (Lipinski definition) is 1. The van der Waals surface area contributed by atoms with Gasteiger partial charge in [-0.25, -0.2) is 4.79 Å². The van der Waals surface area contributed by atoms with Gasteiger partial charge in [-0.2, -0.15) is 0 Å². The second kappa shape index (κ2) is 6.40. The molecule has 2 saturated heterocycles. The van der Waals surface area contributed by atoms with Gasteiger partial charge >= 0.3 is 5.97 Å². The smallest absolute Gasteiger partial charge is 0.326 e. The summed E-state index contributed by atoms with van der Waals surface area (Å²) in [7, 11) is 0. The van der Waals surface area contributed by atoms with Gasteiger partial charge in [0.1, 0.15) is 6.04 Å². The van der Waals surface area contributed by atoms with Gasteiger partial charge in [-0.15, -0.1) is 0 Å². The van der Waals surface area contributed by atoms with Crippen LogP contribution in [0.25, 0.3) is 0 Å². The number of hydrogen-bond acceptors (Lipinski definition) is 3. The summed E-state index contributed by atoms with van der Waals surface area (Å²) in [5.74, 6) is -1.25. The molecule has 1 aromatic rings. The van der Waals surface area contributed by atoms with Crippen LogP contribution >= 0.6 is 0 Å². The Morgan fingerprint density at radius 3 is 2.00 bits per heavy atom. The summed E-state index contributed by atoms with van der Waals surface area (Å²) in [5.41, 5.74) is 0.996. The van der Waals surface area contributed by atoms with E-state index in [-0.39, 0.29) is 11.8 Å². The lowest BCUT2D eigenvalue weighted by atomic mass is 10.1. The SMILES string of the molecule is O=C(O)[C@@H]1CCCN1C(=O)c1ccc(C(=O)N2CCCC2)cc1. The highest BCUT2D eigenvalue weighted by atomic mass is 16.4. The van der Waals surface area contributed by atoms with Gasteiger partial charge in [0.05, 0.1) is 0 Å². The first-order valence-electron chi connectivity index (χ1n) is 8.01. The molecule has 0 saturated carbocycles. The molecule has 3 rings (SSSR count). The topological polar surface area (TPSA) is 77.9 Å². The van der Waals surface area contributed by atoms with Gasteiger partial charge in [0, 0.05) is 30.8 Å². The lowest BCUT2D eigenvalue weighted by molar-refractivity contribution is -0.141. The molecule has 2 fully saturated rings. The van der Waals surface area contributed by atoms with Crippen LogP contribution in [0.5, 0.6) is 0 Å². The van der Waals surface area contributed by atoms with E-state index < -0.39 is 12.0 Å². The summed E-state index contributed by atoms with van der Waals surface area (Å²) in [6.07, 6.45) is 3.27. The van der Waals surface area contributed by atoms with Crippen LogP contribution in [0.15, 0.2) is 24.3 Å². The average molecular weight is 316 g/mol. The van der Waals surface area contributed by atoms with E-state index >= 15 is 0 Å². The minimum absolute atomic E-state index is 0.00826. The maximum Gasteiger partial charge on any atom is 0.326 e. The van der Waals surface area contributed by atoms with Crippen LogP contribution in [0.3, 0.4) is 0 Å². The molecule has 2 amide bonds. The molecule has 122 valence electrons. The molecule has 0 aromatic heterocycles. The van der Waals surface area contributed by atoms with Crippen molar-refractivity contribution in [1.29, 1.82) is 0 Å². The molecule has 23 heavy (non-hydrogen) atoms. The predicted octanol–water partition coefficient (Wildman–Crippen LogP) is 1.61. The van der Waals surface area contributed by atoms with Gasteiger partial charge in [-0.1, -0.05) is 0 Å². The van der Waals surface area contributed by atoms with Crippen LogP contribution in [0.4, 0.5) is 0 Å². The van der Waals surface area contributed by atoms with E-state index in [1.807, 2.05) is 4.90 Å². The normalized spacial score (nSPS) is 20.8. The Labute approximate surface area is 134 Å². The van der Waals surface area contributed by atoms with E-state index in [2.05, 4.69) is 0 Å². The van der Waals surface area contributed by atoms with Gasteiger partial charge in [0.25, 0.3) is 11.8 Å². The molecule has 1 N–H and O–H groups in total. The number of benzene rings is 1. The standard InChI is InChI=1S/C17H20N2O4/c20-15(18-9-1-2-10-18)12-5-7-13(8-6-12)16(21)19-11-3-4-14(19)17(22)23/h5-8,14H,1-4,9-11H2,(H,22,23)/t14-/m0/s1. The molecule has 1 atom stereocenters. The van der Waals surface area contributed by atoms with E-state index in [0.717, 1.165) is 25.9 Å². The van der Waals surface area contributed by atoms with Gasteiger partial charge < -0.3 is 14.9 Å². The number of carbonyl (C=O) groups excluding carboxylic acids is 2. The number of rotatable bonds is 3. The van der Waals surface area contributed by atoms with Crippen molar-refractivity contribution in [2.75, 3.05) is 19.6 Å². The number of carboxylic acids is 1. The zero-order valence-corrected chi connectivity index (χ0v) is 12.9. The maximum absolute atomic E-state index is 12.5. The molecule has 2 heterocycles. The summed E-state index contributed by atoms with van der Waals surface area (Å²) in [4.78, 5) is 39.2. The Hall–Kier alpha value is -2.37. The van der Waals surface area contributed by atoms with Crippen LogP contribution in [0, 0.1) is 0 Å². The molecule has 0 spiro atoms. The Balaban J connectivity index is 1.72. The molecule has 0 bridgehead atoms. The maximum atomic E-state index is 12.5. The van der Waals surface area contributed by atoms with E-state index in [9.17, 15) is 19.5 Å². The fraction of sp³-hybridized carbons (Fsp3) is 0.471. The summed E-state index contributed by atoms with van der Waals surface area (Å²) < 4.78 is 0. The fourth-order valence-electron chi connectivity index (χ4n) is 3.29. The third kappa shape index (κ3) is 3.06. The Morgan fingerprint density at radius 1 is 0.870 bits per heavy atom. The van der Waals surface area contributed by atoms with Crippen molar-refractivity contribution < 1.29 is 19.5 Å². The van der Waals surface area contributed by atoms with Crippen molar-refractivity contribution in [2.45, 2.75) is 31.7 Å². The van der Waals surface area contributed by atoms with Gasteiger partial charge in [0.2, 0.25) is 0 Å². The Bertz CT molecular complexity index is 620. The van der Waals surface area contributed by atoms with Crippen LogP contribution in [-0.4, -0.2) is 58.4 Å². The van der Waals surface area contributed by atoms with Crippen molar-refractivity contribution in [1.82, 2.24) is 9.80 Å². The third-order valence-electron chi connectivity index (χ3n) is 4.57. The molecular formula is C17H20N2O4. The van der Waals surface area contributed by atoms with E-state index in [1.165, 1.54) is 4.90 Å². The van der Waals surface area contributed by atoms with Gasteiger partial charge in [0.15, 0.2) is 0 Å². The second-order valence-corrected chi connectivity index (χ2v) is 6.07. The molecule has 2 aliphatic rings. The molecule has 1 aromatic carbocycles. The second-order valence-electron chi connectivity index (χ2n) is 6.07. The molecule has 0 radical (unpaired) electrons. The number of carboxylic acid groups (broad SMARTS) is 1. The monoisotopic (exact) mass is 316 g/mol. The van der Waals surface area contributed by atoms with Crippen molar-refractivity contribution in [3.05, 3.63) is 35.4 Å². The van der Waals surface area contributed by atoms with Crippen molar-refractivity contribution in [3.63, 3.8) is 0 Å². The predicted molar refractivity (Wildman–Crippen MR) is 83.3 cm³/mol. The highest BCUT2D eigenvalue weighted by Crippen LogP contribution is 2.21. The first kappa shape index (κ1) is 15.5. The average Bonchev–Trinajstić information content (AvgIpc) is 3.24. The zero-order valence-electron chi connectivity index (χ0n) is 12.9. The summed E-state index contributed by atoms with van der Waals surface area (Å²) >= 11 is 0. The Kier molecular flexibility index (Phi) is 4.32. The number of likely N-dealkylation sites (tertiary alicyclic amines) is 2. The third-order valence-corrected chi connectivity index (χ3v) is 4.57. The van der Waals surface area contributed by atoms with Crippen molar-refractivity contribution in [2.24, 2.45) is 0 Å². The van der Waals surface area contributed by atoms with Crippen molar-refractivity contribution in [3.8, 4) is 0 Å². The molecule has 0 aliphatic carbocycles. The Morgan fingerprint density at radius 2 is 1.43 bits per heavy atom. The van der Waals surface area contributed by atoms with Crippen LogP contribution in [-0.2, 0) is 4.79 Å². The van der Waals surface area contributed by atoms with Crippen molar-refractivity contribution >= 4 is 17.8 Å². The highest BCUT2D eigenvalue weighted by molar-refractivity contribution is 5.99. The largest absolute Gasteiger partial charge is 0.480 e. The first-order valence-corrected chi connectivity index (χ1v) is 8.01. The lowest BCUT2D eigenvalue weighted by Gasteiger charge is -2.21. The summed E-state index contributed by atoms with van der Waals surface area (Å²) in [6.45, 7) is 2.03. The lowest BCUT2D eigenvalue weighted by Crippen LogP contribution is -2.40. The number of carbonyl (C=O) groups is 3. The fourth-order valence-corrected chi connectivity index (χ4v) is 3.29. The molecule has 0 unspecified atom stereocenters. The van der Waals surface area contributed by atoms with Gasteiger partial charge in [-0.3, -0.25) is 9.59 Å².